The molecule has 0 spiro atoms. The van der Waals surface area contributed by atoms with Gasteiger partial charge >= 0.3 is 6.03 Å². The number of rotatable bonds is 1. The second-order valence-corrected chi connectivity index (χ2v) is 5.80. The van der Waals surface area contributed by atoms with Crippen molar-refractivity contribution < 1.29 is 4.79 Å². The van der Waals surface area contributed by atoms with Gasteiger partial charge in [0.2, 0.25) is 0 Å². The van der Waals surface area contributed by atoms with Crippen LogP contribution in [0.1, 0.15) is 24.3 Å². The number of aromatic nitrogens is 3. The fourth-order valence-corrected chi connectivity index (χ4v) is 3.35. The molecule has 2 aromatic heterocycles. The van der Waals surface area contributed by atoms with Gasteiger partial charge in [-0.25, -0.2) is 9.78 Å². The quantitative estimate of drug-likeness (QED) is 0.749. The minimum Gasteiger partial charge on any atom is -0.361 e. The standard InChI is InChI=1S/C17H18N4O/c22-17(21-10-7-18-12-21)20-8-5-13(6-9-20)15-11-19-16-4-2-1-3-14(15)16/h1-4,7,10-13,19H,5-6,8-9H2. The summed E-state index contributed by atoms with van der Waals surface area (Å²) in [5.74, 6) is 0.517. The van der Waals surface area contributed by atoms with Crippen LogP contribution in [0.15, 0.2) is 49.2 Å². The molecule has 112 valence electrons. The number of H-pyrrole nitrogens is 1. The van der Waals surface area contributed by atoms with Gasteiger partial charge < -0.3 is 9.88 Å². The third kappa shape index (κ3) is 2.19. The number of hydrogen-bond acceptors (Lipinski definition) is 2. The summed E-state index contributed by atoms with van der Waals surface area (Å²) in [7, 11) is 0. The van der Waals surface area contributed by atoms with E-state index in [1.807, 2.05) is 4.90 Å². The fourth-order valence-electron chi connectivity index (χ4n) is 3.35. The van der Waals surface area contributed by atoms with Crippen LogP contribution in [0.3, 0.4) is 0 Å². The normalized spacial score (nSPS) is 16.3. The van der Waals surface area contributed by atoms with Crippen molar-refractivity contribution in [2.75, 3.05) is 13.1 Å². The van der Waals surface area contributed by atoms with Crippen LogP contribution in [-0.2, 0) is 0 Å². The number of likely N-dealkylation sites (tertiary alicyclic amines) is 1. The molecule has 0 saturated carbocycles. The second kappa shape index (κ2) is 5.33. The van der Waals surface area contributed by atoms with E-state index in [0.717, 1.165) is 25.9 Å². The Hall–Kier alpha value is -2.56. The van der Waals surface area contributed by atoms with E-state index in [1.165, 1.54) is 16.5 Å². The lowest BCUT2D eigenvalue weighted by Crippen LogP contribution is -2.40. The Labute approximate surface area is 128 Å². The van der Waals surface area contributed by atoms with E-state index >= 15 is 0 Å². The molecule has 1 aliphatic heterocycles. The summed E-state index contributed by atoms with van der Waals surface area (Å²) < 4.78 is 1.55. The number of carbonyl (C=O) groups is 1. The van der Waals surface area contributed by atoms with Gasteiger partial charge in [0.1, 0.15) is 6.33 Å². The number of fused-ring (bicyclic) bond motifs is 1. The molecule has 1 aliphatic rings. The lowest BCUT2D eigenvalue weighted by Gasteiger charge is -2.31. The topological polar surface area (TPSA) is 53.9 Å². The van der Waals surface area contributed by atoms with Crippen LogP contribution in [0.25, 0.3) is 10.9 Å². The van der Waals surface area contributed by atoms with Crippen LogP contribution in [0.4, 0.5) is 4.79 Å². The molecule has 0 atom stereocenters. The van der Waals surface area contributed by atoms with Crippen LogP contribution in [-0.4, -0.2) is 38.6 Å². The number of para-hydroxylation sites is 1. The molecule has 0 bridgehead atoms. The molecular formula is C17H18N4O. The van der Waals surface area contributed by atoms with Gasteiger partial charge in [0, 0.05) is 42.6 Å². The zero-order chi connectivity index (χ0) is 14.9. The van der Waals surface area contributed by atoms with Gasteiger partial charge in [-0.15, -0.1) is 0 Å². The van der Waals surface area contributed by atoms with Gasteiger partial charge in [0.25, 0.3) is 0 Å². The third-order valence-corrected chi connectivity index (χ3v) is 4.55. The maximum Gasteiger partial charge on any atom is 0.329 e. The average molecular weight is 294 g/mol. The van der Waals surface area contributed by atoms with Gasteiger partial charge in [-0.3, -0.25) is 4.57 Å². The highest BCUT2D eigenvalue weighted by Crippen LogP contribution is 2.33. The number of nitrogens with zero attached hydrogens (tertiary/aromatic N) is 3. The van der Waals surface area contributed by atoms with E-state index in [-0.39, 0.29) is 6.03 Å². The zero-order valence-corrected chi connectivity index (χ0v) is 12.3. The first kappa shape index (κ1) is 13.1. The monoisotopic (exact) mass is 294 g/mol. The van der Waals surface area contributed by atoms with E-state index in [1.54, 1.807) is 23.3 Å². The van der Waals surface area contributed by atoms with Crippen LogP contribution in [0.2, 0.25) is 0 Å². The molecule has 3 aromatic rings. The SMILES string of the molecule is O=C(N1CCC(c2c[nH]c3ccccc23)CC1)n1ccnc1. The van der Waals surface area contributed by atoms with Gasteiger partial charge in [-0.2, -0.15) is 0 Å². The van der Waals surface area contributed by atoms with Crippen molar-refractivity contribution in [3.05, 3.63) is 54.7 Å². The smallest absolute Gasteiger partial charge is 0.329 e. The molecule has 1 fully saturated rings. The molecule has 0 aliphatic carbocycles. The third-order valence-electron chi connectivity index (χ3n) is 4.55. The summed E-state index contributed by atoms with van der Waals surface area (Å²) in [6.45, 7) is 1.59. The van der Waals surface area contributed by atoms with Crippen molar-refractivity contribution in [1.82, 2.24) is 19.4 Å². The summed E-state index contributed by atoms with van der Waals surface area (Å²) in [5.41, 5.74) is 2.57. The predicted molar refractivity (Wildman–Crippen MR) is 84.9 cm³/mol. The highest BCUT2D eigenvalue weighted by Gasteiger charge is 2.25. The highest BCUT2D eigenvalue weighted by atomic mass is 16.2. The number of imidazole rings is 1. The molecule has 1 aromatic carbocycles. The molecule has 0 radical (unpaired) electrons. The van der Waals surface area contributed by atoms with E-state index in [4.69, 9.17) is 0 Å². The number of nitrogens with one attached hydrogen (secondary N) is 1. The molecule has 1 amide bonds. The minimum absolute atomic E-state index is 0.0230. The number of amides is 1. The Kier molecular flexibility index (Phi) is 3.18. The van der Waals surface area contributed by atoms with Crippen molar-refractivity contribution in [2.45, 2.75) is 18.8 Å². The van der Waals surface area contributed by atoms with E-state index in [2.05, 4.69) is 40.4 Å². The maximum absolute atomic E-state index is 12.3. The van der Waals surface area contributed by atoms with Crippen LogP contribution >= 0.6 is 0 Å². The molecular weight excluding hydrogens is 276 g/mol. The number of benzene rings is 1. The summed E-state index contributed by atoms with van der Waals surface area (Å²) in [4.78, 5) is 21.5. The summed E-state index contributed by atoms with van der Waals surface area (Å²) >= 11 is 0. The first-order valence-corrected chi connectivity index (χ1v) is 7.66. The fraction of sp³-hybridized carbons (Fsp3) is 0.294. The Morgan fingerprint density at radius 3 is 2.82 bits per heavy atom. The summed E-state index contributed by atoms with van der Waals surface area (Å²) in [5, 5.41) is 1.31. The van der Waals surface area contributed by atoms with E-state index in [0.29, 0.717) is 5.92 Å². The largest absolute Gasteiger partial charge is 0.361 e. The number of carbonyl (C=O) groups excluding carboxylic acids is 1. The first-order valence-electron chi connectivity index (χ1n) is 7.66. The van der Waals surface area contributed by atoms with Crippen LogP contribution in [0.5, 0.6) is 0 Å². The lowest BCUT2D eigenvalue weighted by molar-refractivity contribution is 0.183. The average Bonchev–Trinajstić information content (AvgIpc) is 3.24. The van der Waals surface area contributed by atoms with Gasteiger partial charge in [0.15, 0.2) is 0 Å². The van der Waals surface area contributed by atoms with Crippen molar-refractivity contribution in [3.63, 3.8) is 0 Å². The molecule has 1 N–H and O–H groups in total. The van der Waals surface area contributed by atoms with Gasteiger partial charge in [-0.05, 0) is 30.4 Å². The number of piperidine rings is 1. The van der Waals surface area contributed by atoms with Crippen molar-refractivity contribution in [2.24, 2.45) is 0 Å². The van der Waals surface area contributed by atoms with Crippen LogP contribution < -0.4 is 0 Å². The van der Waals surface area contributed by atoms with Crippen LogP contribution in [0, 0.1) is 0 Å². The summed E-state index contributed by atoms with van der Waals surface area (Å²) in [6.07, 6.45) is 9.03. The highest BCUT2D eigenvalue weighted by molar-refractivity contribution is 5.83. The Balaban J connectivity index is 1.49. The first-order chi connectivity index (χ1) is 10.8. The second-order valence-electron chi connectivity index (χ2n) is 5.80. The number of hydrogen-bond donors (Lipinski definition) is 1. The summed E-state index contributed by atoms with van der Waals surface area (Å²) in [6, 6.07) is 8.43. The Morgan fingerprint density at radius 1 is 1.23 bits per heavy atom. The molecule has 1 saturated heterocycles. The molecule has 5 heteroatoms. The van der Waals surface area contributed by atoms with E-state index in [9.17, 15) is 4.79 Å². The predicted octanol–water partition coefficient (Wildman–Crippen LogP) is 3.21. The minimum atomic E-state index is 0.0230. The number of aromatic amines is 1. The molecule has 5 nitrogen and oxygen atoms in total. The van der Waals surface area contributed by atoms with Crippen molar-refractivity contribution >= 4 is 16.9 Å². The van der Waals surface area contributed by atoms with Gasteiger partial charge in [0.05, 0.1) is 0 Å². The Morgan fingerprint density at radius 2 is 2.05 bits per heavy atom. The molecule has 4 rings (SSSR count). The lowest BCUT2D eigenvalue weighted by atomic mass is 9.89. The molecule has 22 heavy (non-hydrogen) atoms. The Bertz CT molecular complexity index is 782. The molecule has 3 heterocycles. The zero-order valence-electron chi connectivity index (χ0n) is 12.3. The van der Waals surface area contributed by atoms with E-state index < -0.39 is 0 Å². The van der Waals surface area contributed by atoms with Crippen molar-refractivity contribution in [3.8, 4) is 0 Å². The molecule has 0 unspecified atom stereocenters. The van der Waals surface area contributed by atoms with Crippen molar-refractivity contribution in [1.29, 1.82) is 0 Å². The maximum atomic E-state index is 12.3. The van der Waals surface area contributed by atoms with Gasteiger partial charge in [-0.1, -0.05) is 18.2 Å².